The van der Waals surface area contributed by atoms with Crippen LogP contribution >= 0.6 is 23.2 Å². The maximum Gasteiger partial charge on any atom is 0.224 e. The van der Waals surface area contributed by atoms with Gasteiger partial charge in [0, 0.05) is 22.6 Å². The normalized spacial score (nSPS) is 11.6. The SMILES string of the molecule is C[C@@H](CNC(=O)Cc1ccc(Cl)cc1)NC(=O)Cc1ccc(Cl)cc1. The highest BCUT2D eigenvalue weighted by Gasteiger charge is 2.10. The van der Waals surface area contributed by atoms with Gasteiger partial charge in [0.2, 0.25) is 11.8 Å². The Labute approximate surface area is 157 Å². The number of hydrogen-bond acceptors (Lipinski definition) is 2. The first-order valence-electron chi connectivity index (χ1n) is 7.97. The maximum atomic E-state index is 12.0. The lowest BCUT2D eigenvalue weighted by Crippen LogP contribution is -2.42. The number of hydrogen-bond donors (Lipinski definition) is 2. The number of benzene rings is 2. The van der Waals surface area contributed by atoms with Crippen LogP contribution in [0.4, 0.5) is 0 Å². The van der Waals surface area contributed by atoms with Crippen molar-refractivity contribution >= 4 is 35.0 Å². The van der Waals surface area contributed by atoms with Crippen LogP contribution in [0.5, 0.6) is 0 Å². The van der Waals surface area contributed by atoms with Gasteiger partial charge in [0.1, 0.15) is 0 Å². The fourth-order valence-corrected chi connectivity index (χ4v) is 2.53. The minimum atomic E-state index is -0.158. The lowest BCUT2D eigenvalue weighted by molar-refractivity contribution is -0.122. The highest BCUT2D eigenvalue weighted by atomic mass is 35.5. The first-order chi connectivity index (χ1) is 11.9. The molecule has 0 heterocycles. The van der Waals surface area contributed by atoms with E-state index in [1.54, 1.807) is 24.3 Å². The highest BCUT2D eigenvalue weighted by molar-refractivity contribution is 6.30. The number of rotatable bonds is 7. The van der Waals surface area contributed by atoms with Gasteiger partial charge in [0.05, 0.1) is 12.8 Å². The zero-order chi connectivity index (χ0) is 18.2. The van der Waals surface area contributed by atoms with Gasteiger partial charge in [0.25, 0.3) is 0 Å². The van der Waals surface area contributed by atoms with Crippen molar-refractivity contribution in [2.24, 2.45) is 0 Å². The van der Waals surface area contributed by atoms with E-state index in [9.17, 15) is 9.59 Å². The third-order valence-electron chi connectivity index (χ3n) is 3.57. The van der Waals surface area contributed by atoms with E-state index in [4.69, 9.17) is 23.2 Å². The third-order valence-corrected chi connectivity index (χ3v) is 4.07. The van der Waals surface area contributed by atoms with Gasteiger partial charge in [-0.3, -0.25) is 9.59 Å². The van der Waals surface area contributed by atoms with Gasteiger partial charge in [-0.2, -0.15) is 0 Å². The van der Waals surface area contributed by atoms with E-state index in [1.807, 2.05) is 31.2 Å². The molecule has 4 nitrogen and oxygen atoms in total. The van der Waals surface area contributed by atoms with Crippen molar-refractivity contribution in [2.45, 2.75) is 25.8 Å². The molecule has 2 aromatic rings. The van der Waals surface area contributed by atoms with Crippen molar-refractivity contribution < 1.29 is 9.59 Å². The summed E-state index contributed by atoms with van der Waals surface area (Å²) in [6, 6.07) is 14.1. The summed E-state index contributed by atoms with van der Waals surface area (Å²) < 4.78 is 0. The molecule has 0 aliphatic rings. The standard InChI is InChI=1S/C19H20Cl2N2O2/c1-13(23-19(25)11-15-4-8-17(21)9-5-15)12-22-18(24)10-14-2-6-16(20)7-3-14/h2-9,13H,10-12H2,1H3,(H,22,24)(H,23,25)/t13-/m0/s1. The monoisotopic (exact) mass is 378 g/mol. The molecule has 0 aromatic heterocycles. The zero-order valence-electron chi connectivity index (χ0n) is 13.9. The molecule has 6 heteroatoms. The number of carbonyl (C=O) groups excluding carboxylic acids is 2. The zero-order valence-corrected chi connectivity index (χ0v) is 15.4. The average molecular weight is 379 g/mol. The second-order valence-electron chi connectivity index (χ2n) is 5.88. The highest BCUT2D eigenvalue weighted by Crippen LogP contribution is 2.10. The fourth-order valence-electron chi connectivity index (χ4n) is 2.28. The Morgan fingerprint density at radius 1 is 0.840 bits per heavy atom. The number of nitrogens with one attached hydrogen (secondary N) is 2. The van der Waals surface area contributed by atoms with Crippen LogP contribution in [0.15, 0.2) is 48.5 Å². The molecule has 0 fully saturated rings. The molecular weight excluding hydrogens is 359 g/mol. The second kappa shape index (κ2) is 9.44. The lowest BCUT2D eigenvalue weighted by atomic mass is 10.1. The molecule has 0 aliphatic heterocycles. The Bertz CT molecular complexity index is 715. The summed E-state index contributed by atoms with van der Waals surface area (Å²) in [7, 11) is 0. The molecular formula is C19H20Cl2N2O2. The van der Waals surface area contributed by atoms with E-state index in [0.717, 1.165) is 11.1 Å². The predicted octanol–water partition coefficient (Wildman–Crippen LogP) is 3.40. The molecule has 0 radical (unpaired) electrons. The van der Waals surface area contributed by atoms with Crippen LogP contribution in [0, 0.1) is 0 Å². The Morgan fingerprint density at radius 3 is 1.76 bits per heavy atom. The van der Waals surface area contributed by atoms with Gasteiger partial charge in [-0.15, -0.1) is 0 Å². The molecule has 0 unspecified atom stereocenters. The van der Waals surface area contributed by atoms with Crippen LogP contribution in [0.2, 0.25) is 10.0 Å². The molecule has 1 atom stereocenters. The van der Waals surface area contributed by atoms with E-state index in [-0.39, 0.29) is 30.7 Å². The molecule has 2 amide bonds. The molecule has 0 bridgehead atoms. The van der Waals surface area contributed by atoms with Crippen LogP contribution < -0.4 is 10.6 Å². The molecule has 2 rings (SSSR count). The number of amides is 2. The van der Waals surface area contributed by atoms with Gasteiger partial charge >= 0.3 is 0 Å². The van der Waals surface area contributed by atoms with Crippen molar-refractivity contribution in [3.8, 4) is 0 Å². The van der Waals surface area contributed by atoms with Crippen LogP contribution in [-0.4, -0.2) is 24.4 Å². The molecule has 2 aromatic carbocycles. The van der Waals surface area contributed by atoms with Gasteiger partial charge in [-0.05, 0) is 42.3 Å². The summed E-state index contributed by atoms with van der Waals surface area (Å²) in [6.45, 7) is 2.22. The van der Waals surface area contributed by atoms with Crippen molar-refractivity contribution in [2.75, 3.05) is 6.54 Å². The maximum absolute atomic E-state index is 12.0. The van der Waals surface area contributed by atoms with Crippen molar-refractivity contribution in [3.05, 3.63) is 69.7 Å². The first kappa shape index (κ1) is 19.3. The Morgan fingerprint density at radius 2 is 1.28 bits per heavy atom. The van der Waals surface area contributed by atoms with E-state index < -0.39 is 0 Å². The van der Waals surface area contributed by atoms with Crippen molar-refractivity contribution in [3.63, 3.8) is 0 Å². The first-order valence-corrected chi connectivity index (χ1v) is 8.73. The summed E-state index contributed by atoms with van der Waals surface area (Å²) >= 11 is 11.6. The second-order valence-corrected chi connectivity index (χ2v) is 6.75. The Balaban J connectivity index is 1.71. The number of carbonyl (C=O) groups is 2. The van der Waals surface area contributed by atoms with E-state index >= 15 is 0 Å². The summed E-state index contributed by atoms with van der Waals surface area (Å²) in [5.41, 5.74) is 1.78. The summed E-state index contributed by atoms with van der Waals surface area (Å²) in [5.74, 6) is -0.192. The quantitative estimate of drug-likeness (QED) is 0.775. The molecule has 25 heavy (non-hydrogen) atoms. The average Bonchev–Trinajstić information content (AvgIpc) is 2.57. The largest absolute Gasteiger partial charge is 0.354 e. The molecule has 0 saturated carbocycles. The Kier molecular flexibility index (Phi) is 7.29. The smallest absolute Gasteiger partial charge is 0.224 e. The molecule has 2 N–H and O–H groups in total. The summed E-state index contributed by atoms with van der Waals surface area (Å²) in [6.07, 6.45) is 0.558. The minimum Gasteiger partial charge on any atom is -0.354 e. The van der Waals surface area contributed by atoms with Gasteiger partial charge in [-0.1, -0.05) is 47.5 Å². The van der Waals surface area contributed by atoms with E-state index in [2.05, 4.69) is 10.6 Å². The van der Waals surface area contributed by atoms with Crippen LogP contribution in [0.3, 0.4) is 0 Å². The molecule has 0 spiro atoms. The van der Waals surface area contributed by atoms with Crippen LogP contribution in [0.25, 0.3) is 0 Å². The molecule has 0 saturated heterocycles. The van der Waals surface area contributed by atoms with Crippen LogP contribution in [-0.2, 0) is 22.4 Å². The molecule has 0 aliphatic carbocycles. The van der Waals surface area contributed by atoms with Crippen LogP contribution in [0.1, 0.15) is 18.1 Å². The molecule has 132 valence electrons. The summed E-state index contributed by atoms with van der Waals surface area (Å²) in [4.78, 5) is 23.9. The third kappa shape index (κ3) is 7.16. The van der Waals surface area contributed by atoms with E-state index in [1.165, 1.54) is 0 Å². The number of halogens is 2. The summed E-state index contributed by atoms with van der Waals surface area (Å²) in [5, 5.41) is 6.96. The lowest BCUT2D eigenvalue weighted by Gasteiger charge is -2.15. The predicted molar refractivity (Wildman–Crippen MR) is 101 cm³/mol. The minimum absolute atomic E-state index is 0.0956. The van der Waals surface area contributed by atoms with Gasteiger partial charge in [-0.25, -0.2) is 0 Å². The topological polar surface area (TPSA) is 58.2 Å². The Hall–Kier alpha value is -2.04. The van der Waals surface area contributed by atoms with Gasteiger partial charge in [0.15, 0.2) is 0 Å². The van der Waals surface area contributed by atoms with Crippen molar-refractivity contribution in [1.29, 1.82) is 0 Å². The van der Waals surface area contributed by atoms with Gasteiger partial charge < -0.3 is 10.6 Å². The van der Waals surface area contributed by atoms with Crippen molar-refractivity contribution in [1.82, 2.24) is 10.6 Å². The van der Waals surface area contributed by atoms with E-state index in [0.29, 0.717) is 16.6 Å². The fraction of sp³-hybridized carbons (Fsp3) is 0.263.